The Morgan fingerprint density at radius 2 is 1.48 bits per heavy atom. The zero-order chi connectivity index (χ0) is 25.2. The van der Waals surface area contributed by atoms with Crippen molar-refractivity contribution in [3.8, 4) is 5.75 Å². The predicted octanol–water partition coefficient (Wildman–Crippen LogP) is 8.58. The fraction of sp³-hybridized carbons (Fsp3) is 0.360. The van der Waals surface area contributed by atoms with Crippen LogP contribution >= 0.6 is 0 Å². The van der Waals surface area contributed by atoms with Crippen LogP contribution in [0.4, 0.5) is 26.3 Å². The first-order chi connectivity index (χ1) is 15.1. The van der Waals surface area contributed by atoms with Gasteiger partial charge < -0.3 is 10.2 Å². The summed E-state index contributed by atoms with van der Waals surface area (Å²) in [5.74, 6) is -1.41. The fourth-order valence-corrected chi connectivity index (χ4v) is 3.77. The highest BCUT2D eigenvalue weighted by molar-refractivity contribution is 5.73. The third kappa shape index (κ3) is 5.92. The zero-order valence-electron chi connectivity index (χ0n) is 18.5. The zero-order valence-corrected chi connectivity index (χ0v) is 18.5. The molecule has 0 aliphatic rings. The number of benzene rings is 2. The summed E-state index contributed by atoms with van der Waals surface area (Å²) >= 11 is 0. The van der Waals surface area contributed by atoms with E-state index in [9.17, 15) is 36.6 Å². The van der Waals surface area contributed by atoms with Crippen molar-refractivity contribution < 1.29 is 36.6 Å². The Kier molecular flexibility index (Phi) is 7.61. The molecule has 0 saturated heterocycles. The molecule has 33 heavy (non-hydrogen) atoms. The summed E-state index contributed by atoms with van der Waals surface area (Å²) in [6.45, 7) is 8.83. The average molecular weight is 472 g/mol. The van der Waals surface area contributed by atoms with E-state index in [0.717, 1.165) is 12.1 Å². The largest absolute Gasteiger partial charge is 0.508 e. The number of halogens is 6. The normalized spacial score (nSPS) is 14.0. The first kappa shape index (κ1) is 26.4. The van der Waals surface area contributed by atoms with Gasteiger partial charge in [0, 0.05) is 17.0 Å². The van der Waals surface area contributed by atoms with Gasteiger partial charge in [-0.2, -0.15) is 26.3 Å². The highest BCUT2D eigenvalue weighted by Crippen LogP contribution is 2.46. The lowest BCUT2D eigenvalue weighted by atomic mass is 9.69. The second-order valence-corrected chi connectivity index (χ2v) is 8.22. The van der Waals surface area contributed by atoms with E-state index >= 15 is 0 Å². The maximum absolute atomic E-state index is 13.4. The van der Waals surface area contributed by atoms with Gasteiger partial charge in [0.05, 0.1) is 11.1 Å². The second kappa shape index (κ2) is 9.53. The molecule has 0 fully saturated rings. The topological polar surface area (TPSA) is 40.5 Å². The summed E-state index contributed by atoms with van der Waals surface area (Å²) < 4.78 is 80.7. The van der Waals surface area contributed by atoms with Crippen LogP contribution in [0, 0.1) is 5.41 Å². The predicted molar refractivity (Wildman–Crippen MR) is 117 cm³/mol. The minimum absolute atomic E-state index is 0.108. The van der Waals surface area contributed by atoms with Crippen LogP contribution in [0.3, 0.4) is 0 Å². The molecule has 2 nitrogen and oxygen atoms in total. The Hall–Kier alpha value is -2.90. The van der Waals surface area contributed by atoms with Crippen molar-refractivity contribution in [2.24, 2.45) is 5.41 Å². The average Bonchev–Trinajstić information content (AvgIpc) is 2.72. The van der Waals surface area contributed by atoms with Gasteiger partial charge in [0.25, 0.3) is 0 Å². The Bertz CT molecular complexity index is 998. The SMILES string of the molecule is C=C(O)c1cccc(O)c1/C=C/C(c1cc(C(F)(F)F)cc(C(F)(F)F)c1)C(C)(CC)CC. The molecule has 0 radical (unpaired) electrons. The van der Waals surface area contributed by atoms with E-state index < -0.39 is 34.8 Å². The summed E-state index contributed by atoms with van der Waals surface area (Å²) in [4.78, 5) is 0. The number of aliphatic hydroxyl groups is 1. The molecule has 1 unspecified atom stereocenters. The minimum Gasteiger partial charge on any atom is -0.508 e. The molecular formula is C25H26F6O2. The van der Waals surface area contributed by atoms with Gasteiger partial charge in [0.1, 0.15) is 11.5 Å². The van der Waals surface area contributed by atoms with Crippen molar-refractivity contribution in [3.63, 3.8) is 0 Å². The minimum atomic E-state index is -4.96. The molecule has 0 bridgehead atoms. The number of phenolic OH excluding ortho intramolecular Hbond substituents is 1. The molecule has 2 rings (SSSR count). The van der Waals surface area contributed by atoms with Gasteiger partial charge in [-0.15, -0.1) is 0 Å². The van der Waals surface area contributed by atoms with E-state index in [-0.39, 0.29) is 34.3 Å². The molecule has 0 spiro atoms. The van der Waals surface area contributed by atoms with E-state index in [1.807, 2.05) is 13.8 Å². The second-order valence-electron chi connectivity index (χ2n) is 8.22. The van der Waals surface area contributed by atoms with Crippen molar-refractivity contribution >= 4 is 11.8 Å². The monoisotopic (exact) mass is 472 g/mol. The third-order valence-electron chi connectivity index (χ3n) is 6.18. The van der Waals surface area contributed by atoms with Crippen LogP contribution in [0.15, 0.2) is 49.1 Å². The van der Waals surface area contributed by atoms with Gasteiger partial charge in [-0.25, -0.2) is 0 Å². The Labute approximate surface area is 188 Å². The van der Waals surface area contributed by atoms with Crippen molar-refractivity contribution in [2.75, 3.05) is 0 Å². The summed E-state index contributed by atoms with van der Waals surface area (Å²) in [6, 6.07) is 5.91. The molecule has 1 atom stereocenters. The number of hydrogen-bond donors (Lipinski definition) is 2. The maximum atomic E-state index is 13.4. The van der Waals surface area contributed by atoms with Crippen LogP contribution < -0.4 is 0 Å². The molecule has 2 N–H and O–H groups in total. The van der Waals surface area contributed by atoms with E-state index in [1.165, 1.54) is 30.4 Å². The number of aliphatic hydroxyl groups excluding tert-OH is 1. The molecule has 2 aromatic carbocycles. The molecule has 8 heteroatoms. The summed E-state index contributed by atoms with van der Waals surface area (Å²) in [6.07, 6.45) is -6.11. The van der Waals surface area contributed by atoms with E-state index in [4.69, 9.17) is 0 Å². The summed E-state index contributed by atoms with van der Waals surface area (Å²) in [5.41, 5.74) is -3.24. The highest BCUT2D eigenvalue weighted by atomic mass is 19.4. The quantitative estimate of drug-likeness (QED) is 0.313. The van der Waals surface area contributed by atoms with Crippen LogP contribution in [0.1, 0.15) is 67.3 Å². The van der Waals surface area contributed by atoms with Gasteiger partial charge in [0.2, 0.25) is 0 Å². The lowest BCUT2D eigenvalue weighted by Gasteiger charge is -2.35. The lowest BCUT2D eigenvalue weighted by molar-refractivity contribution is -0.143. The molecule has 0 saturated carbocycles. The number of aromatic hydroxyl groups is 1. The Morgan fingerprint density at radius 1 is 0.970 bits per heavy atom. The summed E-state index contributed by atoms with van der Waals surface area (Å²) in [5, 5.41) is 20.1. The van der Waals surface area contributed by atoms with Gasteiger partial charge in [-0.05, 0) is 48.1 Å². The fourth-order valence-electron chi connectivity index (χ4n) is 3.77. The number of rotatable bonds is 7. The Balaban J connectivity index is 2.79. The van der Waals surface area contributed by atoms with Crippen LogP contribution in [0.5, 0.6) is 5.75 Å². The van der Waals surface area contributed by atoms with E-state index in [0.29, 0.717) is 12.8 Å². The molecule has 0 aliphatic heterocycles. The number of hydrogen-bond acceptors (Lipinski definition) is 2. The number of alkyl halides is 6. The van der Waals surface area contributed by atoms with Crippen LogP contribution in [0.2, 0.25) is 0 Å². The standard InChI is InChI=1S/C25H26F6O2/c1-5-23(4,6-2)21(11-10-20-19(15(3)32)8-7-9-22(20)33)16-12-17(24(26,27)28)14-18(13-16)25(29,30)31/h7-14,21,32-33H,3,5-6H2,1-2,4H3/b11-10+. The molecule has 0 aliphatic carbocycles. The number of allylic oxidation sites excluding steroid dienone is 1. The first-order valence-corrected chi connectivity index (χ1v) is 10.3. The highest BCUT2D eigenvalue weighted by Gasteiger charge is 2.39. The van der Waals surface area contributed by atoms with Crippen molar-refractivity contribution in [1.29, 1.82) is 0 Å². The van der Waals surface area contributed by atoms with Crippen LogP contribution in [0.25, 0.3) is 11.8 Å². The van der Waals surface area contributed by atoms with Crippen LogP contribution in [-0.4, -0.2) is 10.2 Å². The van der Waals surface area contributed by atoms with Gasteiger partial charge >= 0.3 is 12.4 Å². The molecule has 0 heterocycles. The van der Waals surface area contributed by atoms with Gasteiger partial charge in [0.15, 0.2) is 0 Å². The lowest BCUT2D eigenvalue weighted by Crippen LogP contribution is -2.24. The van der Waals surface area contributed by atoms with Crippen molar-refractivity contribution in [2.45, 2.75) is 51.9 Å². The van der Waals surface area contributed by atoms with Gasteiger partial charge in [-0.1, -0.05) is 51.6 Å². The van der Waals surface area contributed by atoms with Gasteiger partial charge in [-0.3, -0.25) is 0 Å². The van der Waals surface area contributed by atoms with Crippen molar-refractivity contribution in [3.05, 3.63) is 76.9 Å². The smallest absolute Gasteiger partial charge is 0.416 e. The number of phenols is 1. The summed E-state index contributed by atoms with van der Waals surface area (Å²) in [7, 11) is 0. The molecule has 0 aromatic heterocycles. The third-order valence-corrected chi connectivity index (χ3v) is 6.18. The van der Waals surface area contributed by atoms with Crippen LogP contribution in [-0.2, 0) is 12.4 Å². The molecule has 0 amide bonds. The van der Waals surface area contributed by atoms with E-state index in [1.54, 1.807) is 6.92 Å². The molecule has 2 aromatic rings. The Morgan fingerprint density at radius 3 is 1.91 bits per heavy atom. The van der Waals surface area contributed by atoms with Crippen molar-refractivity contribution in [1.82, 2.24) is 0 Å². The maximum Gasteiger partial charge on any atom is 0.416 e. The molecular weight excluding hydrogens is 446 g/mol. The first-order valence-electron chi connectivity index (χ1n) is 10.3. The van der Waals surface area contributed by atoms with E-state index in [2.05, 4.69) is 6.58 Å². The molecule has 180 valence electrons.